The van der Waals surface area contributed by atoms with Crippen LogP contribution in [0.5, 0.6) is 0 Å². The lowest BCUT2D eigenvalue weighted by atomic mass is 10.1. The van der Waals surface area contributed by atoms with Gasteiger partial charge < -0.3 is 9.80 Å². The third-order valence-corrected chi connectivity index (χ3v) is 5.66. The lowest BCUT2D eigenvalue weighted by molar-refractivity contribution is -0.0399. The summed E-state index contributed by atoms with van der Waals surface area (Å²) in [6, 6.07) is 0. The van der Waals surface area contributed by atoms with E-state index in [-0.39, 0.29) is 0 Å². The quantitative estimate of drug-likeness (QED) is 0.322. The van der Waals surface area contributed by atoms with E-state index in [1.54, 1.807) is 0 Å². The molecule has 1 aliphatic heterocycles. The topological polar surface area (TPSA) is 51.2 Å². The standard InChI is InChI=1S/C17H35N2O4P/c1-5-6-7-8-9-10-11-12-13-14-19-16-15-18(2)17(19)23-24(20,21-3)22-4/h15-17H,5-14H2,1-4H3. The minimum Gasteiger partial charge on any atom is -0.337 e. The predicted octanol–water partition coefficient (Wildman–Crippen LogP) is 4.94. The van der Waals surface area contributed by atoms with Crippen LogP contribution >= 0.6 is 7.82 Å². The zero-order valence-corrected chi connectivity index (χ0v) is 16.7. The third kappa shape index (κ3) is 7.56. The number of phosphoric acid groups is 1. The van der Waals surface area contributed by atoms with Gasteiger partial charge in [0.1, 0.15) is 0 Å². The monoisotopic (exact) mass is 362 g/mol. The molecule has 0 N–H and O–H groups in total. The summed E-state index contributed by atoms with van der Waals surface area (Å²) in [6.45, 7) is 3.12. The minimum absolute atomic E-state index is 0.440. The van der Waals surface area contributed by atoms with Gasteiger partial charge in [-0.3, -0.25) is 9.05 Å². The summed E-state index contributed by atoms with van der Waals surface area (Å²) < 4.78 is 27.5. The highest BCUT2D eigenvalue weighted by molar-refractivity contribution is 7.48. The fourth-order valence-corrected chi connectivity index (χ4v) is 3.59. The van der Waals surface area contributed by atoms with Gasteiger partial charge in [0.15, 0.2) is 0 Å². The van der Waals surface area contributed by atoms with Gasteiger partial charge in [-0.05, 0) is 6.42 Å². The summed E-state index contributed by atoms with van der Waals surface area (Å²) in [7, 11) is 1.05. The molecule has 0 aromatic rings. The first-order valence-corrected chi connectivity index (χ1v) is 10.6. The summed E-state index contributed by atoms with van der Waals surface area (Å²) in [5, 5.41) is 0. The van der Waals surface area contributed by atoms with Crippen LogP contribution in [0.1, 0.15) is 64.7 Å². The van der Waals surface area contributed by atoms with Crippen molar-refractivity contribution in [3.63, 3.8) is 0 Å². The van der Waals surface area contributed by atoms with Gasteiger partial charge in [-0.15, -0.1) is 0 Å². The van der Waals surface area contributed by atoms with Gasteiger partial charge in [0.2, 0.25) is 6.35 Å². The van der Waals surface area contributed by atoms with Gasteiger partial charge in [-0.1, -0.05) is 58.3 Å². The van der Waals surface area contributed by atoms with Crippen LogP contribution < -0.4 is 0 Å². The maximum Gasteiger partial charge on any atom is 0.477 e. The lowest BCUT2D eigenvalue weighted by Crippen LogP contribution is -2.38. The van der Waals surface area contributed by atoms with E-state index in [0.717, 1.165) is 13.0 Å². The Labute approximate surface area is 147 Å². The molecular formula is C17H35N2O4P. The molecule has 0 aromatic heterocycles. The third-order valence-electron chi connectivity index (χ3n) is 4.32. The van der Waals surface area contributed by atoms with Crippen molar-refractivity contribution >= 4 is 7.82 Å². The van der Waals surface area contributed by atoms with E-state index in [1.807, 2.05) is 29.2 Å². The first-order valence-electron chi connectivity index (χ1n) is 9.12. The zero-order valence-electron chi connectivity index (χ0n) is 15.8. The molecule has 0 fully saturated rings. The molecule has 0 aliphatic carbocycles. The average Bonchev–Trinajstić information content (AvgIpc) is 2.93. The molecule has 1 unspecified atom stereocenters. The Kier molecular flexibility index (Phi) is 10.7. The molecule has 1 rings (SSSR count). The Bertz CT molecular complexity index is 398. The average molecular weight is 362 g/mol. The highest BCUT2D eigenvalue weighted by Crippen LogP contribution is 2.49. The smallest absolute Gasteiger partial charge is 0.337 e. The molecule has 0 bridgehead atoms. The van der Waals surface area contributed by atoms with Crippen molar-refractivity contribution in [1.29, 1.82) is 0 Å². The Morgan fingerprint density at radius 3 is 2.00 bits per heavy atom. The summed E-state index contributed by atoms with van der Waals surface area (Å²) in [5.74, 6) is 0. The van der Waals surface area contributed by atoms with Gasteiger partial charge >= 0.3 is 7.82 Å². The molecule has 0 aromatic carbocycles. The van der Waals surface area contributed by atoms with Crippen LogP contribution in [0.4, 0.5) is 0 Å². The van der Waals surface area contributed by atoms with Gasteiger partial charge in [0.25, 0.3) is 0 Å². The predicted molar refractivity (Wildman–Crippen MR) is 97.3 cm³/mol. The normalized spacial score (nSPS) is 17.9. The Morgan fingerprint density at radius 2 is 1.46 bits per heavy atom. The number of unbranched alkanes of at least 4 members (excludes halogenated alkanes) is 8. The maximum atomic E-state index is 12.2. The van der Waals surface area contributed by atoms with Gasteiger partial charge in [-0.25, -0.2) is 9.09 Å². The number of phosphoric ester groups is 1. The number of hydrogen-bond donors (Lipinski definition) is 0. The van der Waals surface area contributed by atoms with E-state index in [2.05, 4.69) is 6.92 Å². The summed E-state index contributed by atoms with van der Waals surface area (Å²) in [6.07, 6.45) is 15.1. The molecule has 0 spiro atoms. The van der Waals surface area contributed by atoms with Crippen molar-refractivity contribution in [1.82, 2.24) is 9.80 Å². The maximum absolute atomic E-state index is 12.2. The second kappa shape index (κ2) is 11.9. The van der Waals surface area contributed by atoms with Crippen LogP contribution in [-0.4, -0.2) is 44.0 Å². The van der Waals surface area contributed by atoms with Crippen molar-refractivity contribution in [2.45, 2.75) is 71.1 Å². The van der Waals surface area contributed by atoms with E-state index >= 15 is 0 Å². The van der Waals surface area contributed by atoms with Crippen LogP contribution in [0.25, 0.3) is 0 Å². The first-order chi connectivity index (χ1) is 11.6. The van der Waals surface area contributed by atoms with Crippen molar-refractivity contribution in [3.05, 3.63) is 12.4 Å². The highest BCUT2D eigenvalue weighted by atomic mass is 31.2. The van der Waals surface area contributed by atoms with Gasteiger partial charge in [0.05, 0.1) is 0 Å². The van der Waals surface area contributed by atoms with E-state index in [1.165, 1.54) is 65.6 Å². The fraction of sp³-hybridized carbons (Fsp3) is 0.882. The summed E-state index contributed by atoms with van der Waals surface area (Å²) >= 11 is 0. The van der Waals surface area contributed by atoms with E-state index in [4.69, 9.17) is 13.6 Å². The van der Waals surface area contributed by atoms with Crippen molar-refractivity contribution in [2.24, 2.45) is 0 Å². The number of hydrogen-bond acceptors (Lipinski definition) is 6. The minimum atomic E-state index is -3.49. The number of rotatable bonds is 14. The fourth-order valence-electron chi connectivity index (χ4n) is 2.77. The Hall–Kier alpha value is -0.550. The molecule has 1 aliphatic rings. The lowest BCUT2D eigenvalue weighted by Gasteiger charge is -2.31. The van der Waals surface area contributed by atoms with Crippen molar-refractivity contribution in [2.75, 3.05) is 27.8 Å². The van der Waals surface area contributed by atoms with Crippen molar-refractivity contribution in [3.8, 4) is 0 Å². The SMILES string of the molecule is CCCCCCCCCCCN1C=CN(C)C1OP(=O)(OC)OC. The van der Waals surface area contributed by atoms with Gasteiger partial charge in [-0.2, -0.15) is 0 Å². The second-order valence-electron chi connectivity index (χ2n) is 6.27. The molecule has 0 saturated heterocycles. The molecule has 142 valence electrons. The van der Waals surface area contributed by atoms with Crippen molar-refractivity contribution < 1.29 is 18.1 Å². The molecule has 1 heterocycles. The molecular weight excluding hydrogens is 327 g/mol. The zero-order chi connectivity index (χ0) is 17.8. The van der Waals surface area contributed by atoms with Crippen LogP contribution in [0, 0.1) is 0 Å². The van der Waals surface area contributed by atoms with Crippen LogP contribution in [0.2, 0.25) is 0 Å². The van der Waals surface area contributed by atoms with Crippen LogP contribution in [0.3, 0.4) is 0 Å². The molecule has 7 heteroatoms. The first kappa shape index (κ1) is 21.5. The molecule has 0 amide bonds. The van der Waals surface area contributed by atoms with Gasteiger partial charge in [0, 0.05) is 40.2 Å². The Balaban J connectivity index is 2.21. The van der Waals surface area contributed by atoms with E-state index < -0.39 is 14.2 Å². The largest absolute Gasteiger partial charge is 0.477 e. The Morgan fingerprint density at radius 1 is 0.917 bits per heavy atom. The molecule has 0 saturated carbocycles. The summed E-state index contributed by atoms with van der Waals surface area (Å²) in [4.78, 5) is 3.89. The highest BCUT2D eigenvalue weighted by Gasteiger charge is 2.34. The molecule has 6 nitrogen and oxygen atoms in total. The van der Waals surface area contributed by atoms with E-state index in [9.17, 15) is 4.57 Å². The molecule has 24 heavy (non-hydrogen) atoms. The van der Waals surface area contributed by atoms with Crippen LogP contribution in [0.15, 0.2) is 12.4 Å². The molecule has 1 atom stereocenters. The number of nitrogens with zero attached hydrogens (tertiary/aromatic N) is 2. The molecule has 0 radical (unpaired) electrons. The second-order valence-corrected chi connectivity index (χ2v) is 8.11. The summed E-state index contributed by atoms with van der Waals surface area (Å²) in [5.41, 5.74) is 0. The van der Waals surface area contributed by atoms with Crippen LogP contribution in [-0.2, 0) is 18.1 Å². The van der Waals surface area contributed by atoms with E-state index in [0.29, 0.717) is 0 Å².